The highest BCUT2D eigenvalue weighted by atomic mass is 16.1. The first-order valence-electron chi connectivity index (χ1n) is 8.04. The number of H-pyrrole nitrogens is 1. The molecule has 112 valence electrons. The lowest BCUT2D eigenvalue weighted by molar-refractivity contribution is -0.103. The fraction of sp³-hybridized carbons (Fsp3) is 0.316. The van der Waals surface area contributed by atoms with Crippen LogP contribution in [0.1, 0.15) is 24.6 Å². The van der Waals surface area contributed by atoms with Gasteiger partial charge in [-0.2, -0.15) is 0 Å². The number of rotatable bonds is 2. The molecular formula is C19H20N2O. The molecule has 0 spiro atoms. The van der Waals surface area contributed by atoms with Gasteiger partial charge in [0.05, 0.1) is 11.3 Å². The number of para-hydroxylation sites is 1. The number of carbonyl (C=O) groups is 1. The molecule has 0 fully saturated rings. The zero-order chi connectivity index (χ0) is 15.1. The van der Waals surface area contributed by atoms with Crippen LogP contribution in [0.15, 0.2) is 42.1 Å². The SMILES string of the molecule is CC[C@H]1C=CC2=C(C=O)c3[nH]c4ccccc4c3CCN2C1. The molecule has 0 unspecified atom stereocenters. The number of nitrogens with one attached hydrogen (secondary N) is 1. The molecule has 3 heterocycles. The maximum atomic E-state index is 11.8. The summed E-state index contributed by atoms with van der Waals surface area (Å²) in [6.07, 6.45) is 7.53. The summed E-state index contributed by atoms with van der Waals surface area (Å²) in [4.78, 5) is 17.7. The van der Waals surface area contributed by atoms with Crippen LogP contribution in [0.25, 0.3) is 16.5 Å². The Kier molecular flexibility index (Phi) is 3.14. The van der Waals surface area contributed by atoms with Gasteiger partial charge < -0.3 is 9.88 Å². The normalized spacial score (nSPS) is 20.8. The van der Waals surface area contributed by atoms with Gasteiger partial charge in [0.15, 0.2) is 6.29 Å². The molecule has 22 heavy (non-hydrogen) atoms. The van der Waals surface area contributed by atoms with Crippen LogP contribution >= 0.6 is 0 Å². The zero-order valence-corrected chi connectivity index (χ0v) is 12.8. The van der Waals surface area contributed by atoms with Crippen LogP contribution in [0.5, 0.6) is 0 Å². The fourth-order valence-electron chi connectivity index (χ4n) is 3.70. The van der Waals surface area contributed by atoms with E-state index in [1.54, 1.807) is 0 Å². The average Bonchev–Trinajstić information content (AvgIpc) is 2.85. The largest absolute Gasteiger partial charge is 0.370 e. The van der Waals surface area contributed by atoms with Gasteiger partial charge in [-0.05, 0) is 36.5 Å². The van der Waals surface area contributed by atoms with Crippen molar-refractivity contribution in [2.24, 2.45) is 5.92 Å². The van der Waals surface area contributed by atoms with Crippen molar-refractivity contribution in [1.82, 2.24) is 9.88 Å². The Bertz CT molecular complexity index is 797. The van der Waals surface area contributed by atoms with E-state index in [2.05, 4.69) is 47.2 Å². The number of fused-ring (bicyclic) bond motifs is 4. The van der Waals surface area contributed by atoms with Crippen LogP contribution < -0.4 is 0 Å². The number of allylic oxidation sites excluding steroid dienone is 2. The first kappa shape index (κ1) is 13.4. The number of hydrogen-bond acceptors (Lipinski definition) is 2. The molecule has 1 aromatic heterocycles. The lowest BCUT2D eigenvalue weighted by Gasteiger charge is -2.32. The topological polar surface area (TPSA) is 36.1 Å². The van der Waals surface area contributed by atoms with Crippen molar-refractivity contribution in [1.29, 1.82) is 0 Å². The van der Waals surface area contributed by atoms with Crippen molar-refractivity contribution in [3.8, 4) is 0 Å². The summed E-state index contributed by atoms with van der Waals surface area (Å²) in [5.41, 5.74) is 5.28. The third kappa shape index (κ3) is 1.92. The molecule has 0 radical (unpaired) electrons. The van der Waals surface area contributed by atoms with Crippen molar-refractivity contribution in [3.05, 3.63) is 53.4 Å². The van der Waals surface area contributed by atoms with Gasteiger partial charge in [-0.25, -0.2) is 0 Å². The second-order valence-corrected chi connectivity index (χ2v) is 6.16. The first-order chi connectivity index (χ1) is 10.8. The van der Waals surface area contributed by atoms with E-state index >= 15 is 0 Å². The summed E-state index contributed by atoms with van der Waals surface area (Å²) in [5.74, 6) is 0.588. The van der Waals surface area contributed by atoms with Crippen molar-refractivity contribution < 1.29 is 4.79 Å². The molecule has 0 bridgehead atoms. The lowest BCUT2D eigenvalue weighted by Crippen LogP contribution is -2.32. The number of carbonyl (C=O) groups excluding carboxylic acids is 1. The van der Waals surface area contributed by atoms with Crippen LogP contribution in [0.2, 0.25) is 0 Å². The van der Waals surface area contributed by atoms with Gasteiger partial charge in [0.1, 0.15) is 0 Å². The van der Waals surface area contributed by atoms with E-state index in [4.69, 9.17) is 0 Å². The second-order valence-electron chi connectivity index (χ2n) is 6.16. The molecular weight excluding hydrogens is 272 g/mol. The maximum Gasteiger partial charge on any atom is 0.154 e. The standard InChI is InChI=1S/C19H20N2O/c1-2-13-7-8-18-16(12-22)19-15(9-10-21(18)11-13)14-5-3-4-6-17(14)20-19/h3-8,12-13,20H,2,9-11H2,1H3/t13-/m0/s1. The van der Waals surface area contributed by atoms with E-state index in [0.717, 1.165) is 54.7 Å². The van der Waals surface area contributed by atoms with Crippen LogP contribution in [-0.4, -0.2) is 29.3 Å². The van der Waals surface area contributed by atoms with Gasteiger partial charge in [0, 0.05) is 29.7 Å². The Morgan fingerprint density at radius 1 is 1.36 bits per heavy atom. The first-order valence-corrected chi connectivity index (χ1v) is 8.04. The zero-order valence-electron chi connectivity index (χ0n) is 12.8. The highest BCUT2D eigenvalue weighted by Crippen LogP contribution is 2.35. The molecule has 0 aliphatic carbocycles. The van der Waals surface area contributed by atoms with Gasteiger partial charge in [-0.15, -0.1) is 0 Å². The van der Waals surface area contributed by atoms with E-state index in [0.29, 0.717) is 5.92 Å². The molecule has 2 aromatic rings. The Hall–Kier alpha value is -2.29. The predicted molar refractivity (Wildman–Crippen MR) is 89.5 cm³/mol. The van der Waals surface area contributed by atoms with Crippen molar-refractivity contribution in [2.75, 3.05) is 13.1 Å². The van der Waals surface area contributed by atoms with Crippen LogP contribution in [0, 0.1) is 5.92 Å². The van der Waals surface area contributed by atoms with E-state index in [9.17, 15) is 4.79 Å². The number of aromatic amines is 1. The Labute approximate surface area is 130 Å². The molecule has 3 heteroatoms. The van der Waals surface area contributed by atoms with E-state index < -0.39 is 0 Å². The Balaban J connectivity index is 1.93. The molecule has 1 aromatic carbocycles. The summed E-state index contributed by atoms with van der Waals surface area (Å²) in [6.45, 7) is 4.21. The van der Waals surface area contributed by atoms with Gasteiger partial charge >= 0.3 is 0 Å². The number of benzene rings is 1. The fourth-order valence-corrected chi connectivity index (χ4v) is 3.70. The van der Waals surface area contributed by atoms with Crippen molar-refractivity contribution in [3.63, 3.8) is 0 Å². The van der Waals surface area contributed by atoms with E-state index in [1.165, 1.54) is 10.9 Å². The molecule has 2 aliphatic heterocycles. The summed E-state index contributed by atoms with van der Waals surface area (Å²) >= 11 is 0. The van der Waals surface area contributed by atoms with Crippen LogP contribution in [-0.2, 0) is 11.2 Å². The van der Waals surface area contributed by atoms with Crippen molar-refractivity contribution >= 4 is 22.8 Å². The summed E-state index contributed by atoms with van der Waals surface area (Å²) < 4.78 is 0. The number of aromatic nitrogens is 1. The molecule has 4 rings (SSSR count). The third-order valence-corrected chi connectivity index (χ3v) is 4.95. The molecule has 0 amide bonds. The van der Waals surface area contributed by atoms with Crippen LogP contribution in [0.3, 0.4) is 0 Å². The highest BCUT2D eigenvalue weighted by Gasteiger charge is 2.27. The Morgan fingerprint density at radius 3 is 3.05 bits per heavy atom. The van der Waals surface area contributed by atoms with Crippen LogP contribution in [0.4, 0.5) is 0 Å². The quantitative estimate of drug-likeness (QED) is 0.860. The molecule has 2 aliphatic rings. The minimum atomic E-state index is 0.588. The van der Waals surface area contributed by atoms with Gasteiger partial charge in [0.25, 0.3) is 0 Å². The lowest BCUT2D eigenvalue weighted by atomic mass is 9.98. The third-order valence-electron chi connectivity index (χ3n) is 4.95. The molecule has 0 saturated heterocycles. The van der Waals surface area contributed by atoms with Gasteiger partial charge in [-0.3, -0.25) is 4.79 Å². The van der Waals surface area contributed by atoms with Crippen molar-refractivity contribution in [2.45, 2.75) is 19.8 Å². The monoisotopic (exact) mass is 292 g/mol. The second kappa shape index (κ2) is 5.16. The minimum absolute atomic E-state index is 0.588. The smallest absolute Gasteiger partial charge is 0.154 e. The number of hydrogen-bond donors (Lipinski definition) is 1. The molecule has 1 N–H and O–H groups in total. The number of aldehydes is 1. The Morgan fingerprint density at radius 2 is 2.23 bits per heavy atom. The average molecular weight is 292 g/mol. The summed E-state index contributed by atoms with van der Waals surface area (Å²) in [7, 11) is 0. The van der Waals surface area contributed by atoms with Gasteiger partial charge in [0.2, 0.25) is 0 Å². The predicted octanol–water partition coefficient (Wildman–Crippen LogP) is 3.53. The molecule has 1 atom stereocenters. The van der Waals surface area contributed by atoms with Gasteiger partial charge in [-0.1, -0.05) is 31.2 Å². The highest BCUT2D eigenvalue weighted by molar-refractivity contribution is 6.11. The molecule has 3 nitrogen and oxygen atoms in total. The summed E-state index contributed by atoms with van der Waals surface area (Å²) in [5, 5.41) is 1.24. The van der Waals surface area contributed by atoms with E-state index in [-0.39, 0.29) is 0 Å². The maximum absolute atomic E-state index is 11.8. The summed E-state index contributed by atoms with van der Waals surface area (Å²) in [6, 6.07) is 8.32. The molecule has 0 saturated carbocycles. The minimum Gasteiger partial charge on any atom is -0.370 e. The number of nitrogens with zero attached hydrogens (tertiary/aromatic N) is 1. The van der Waals surface area contributed by atoms with E-state index in [1.807, 2.05) is 6.07 Å².